The number of hydrogen-bond acceptors (Lipinski definition) is 4. The Bertz CT molecular complexity index is 452. The summed E-state index contributed by atoms with van der Waals surface area (Å²) in [4.78, 5) is 2.33. The predicted octanol–water partition coefficient (Wildman–Crippen LogP) is 2.12. The van der Waals surface area contributed by atoms with Crippen molar-refractivity contribution in [3.8, 4) is 0 Å². The fourth-order valence-corrected chi connectivity index (χ4v) is 2.94. The summed E-state index contributed by atoms with van der Waals surface area (Å²) in [5.74, 6) is 0. The number of aryl methyl sites for hydroxylation is 1. The summed E-state index contributed by atoms with van der Waals surface area (Å²) in [5.41, 5.74) is 9.96. The summed E-state index contributed by atoms with van der Waals surface area (Å²) < 4.78 is 11.0. The Morgan fingerprint density at radius 1 is 1.24 bits per heavy atom. The lowest BCUT2D eigenvalue weighted by Gasteiger charge is -2.20. The van der Waals surface area contributed by atoms with Crippen molar-refractivity contribution < 1.29 is 9.47 Å². The van der Waals surface area contributed by atoms with Crippen LogP contribution in [-0.2, 0) is 15.9 Å². The first-order valence-corrected chi connectivity index (χ1v) is 7.74. The first-order chi connectivity index (χ1) is 10.1. The predicted molar refractivity (Wildman–Crippen MR) is 87.0 cm³/mol. The second-order valence-electron chi connectivity index (χ2n) is 5.94. The van der Waals surface area contributed by atoms with Gasteiger partial charge < -0.3 is 20.1 Å². The first-order valence-electron chi connectivity index (χ1n) is 7.74. The lowest BCUT2D eigenvalue weighted by atomic mass is 9.99. The Morgan fingerprint density at radius 2 is 1.86 bits per heavy atom. The summed E-state index contributed by atoms with van der Waals surface area (Å²) in [7, 11) is 3.50. The SMILES string of the molecule is CCC(N)Cc1ccc(N2CC(OC)C(OC)C2)cc1C. The molecule has 4 heteroatoms. The molecule has 1 heterocycles. The van der Waals surface area contributed by atoms with Gasteiger partial charge in [0.15, 0.2) is 0 Å². The van der Waals surface area contributed by atoms with Gasteiger partial charge in [-0.15, -0.1) is 0 Å². The standard InChI is InChI=1S/C17H28N2O2/c1-5-14(18)9-13-6-7-15(8-12(13)2)19-10-16(20-3)17(11-19)21-4/h6-8,14,16-17H,5,9-11,18H2,1-4H3. The zero-order valence-electron chi connectivity index (χ0n) is 13.6. The maximum Gasteiger partial charge on any atom is 0.102 e. The van der Waals surface area contributed by atoms with Crippen LogP contribution in [0.2, 0.25) is 0 Å². The highest BCUT2D eigenvalue weighted by Gasteiger charge is 2.33. The molecule has 3 unspecified atom stereocenters. The van der Waals surface area contributed by atoms with E-state index in [2.05, 4.69) is 36.9 Å². The number of anilines is 1. The molecular weight excluding hydrogens is 264 g/mol. The van der Waals surface area contributed by atoms with E-state index in [-0.39, 0.29) is 18.2 Å². The molecule has 1 aliphatic rings. The fraction of sp³-hybridized carbons (Fsp3) is 0.647. The van der Waals surface area contributed by atoms with E-state index in [0.29, 0.717) is 0 Å². The van der Waals surface area contributed by atoms with Crippen molar-refractivity contribution >= 4 is 5.69 Å². The molecule has 1 fully saturated rings. The van der Waals surface area contributed by atoms with Crippen molar-refractivity contribution in [1.82, 2.24) is 0 Å². The zero-order valence-corrected chi connectivity index (χ0v) is 13.6. The molecule has 0 aliphatic carbocycles. The van der Waals surface area contributed by atoms with Gasteiger partial charge in [0.05, 0.1) is 0 Å². The van der Waals surface area contributed by atoms with Gasteiger partial charge in [0.1, 0.15) is 12.2 Å². The summed E-state index contributed by atoms with van der Waals surface area (Å²) in [6.07, 6.45) is 2.24. The van der Waals surface area contributed by atoms with Crippen molar-refractivity contribution in [1.29, 1.82) is 0 Å². The molecule has 2 N–H and O–H groups in total. The van der Waals surface area contributed by atoms with E-state index in [1.807, 2.05) is 0 Å². The van der Waals surface area contributed by atoms with E-state index >= 15 is 0 Å². The van der Waals surface area contributed by atoms with Gasteiger partial charge >= 0.3 is 0 Å². The van der Waals surface area contributed by atoms with E-state index < -0.39 is 0 Å². The average Bonchev–Trinajstić information content (AvgIpc) is 2.92. The highest BCUT2D eigenvalue weighted by Crippen LogP contribution is 2.26. The highest BCUT2D eigenvalue weighted by atomic mass is 16.5. The van der Waals surface area contributed by atoms with Gasteiger partial charge in [-0.3, -0.25) is 0 Å². The van der Waals surface area contributed by atoms with Crippen LogP contribution in [0.1, 0.15) is 24.5 Å². The Kier molecular flexibility index (Phi) is 5.62. The summed E-state index contributed by atoms with van der Waals surface area (Å²) in [6.45, 7) is 6.05. The van der Waals surface area contributed by atoms with Crippen LogP contribution < -0.4 is 10.6 Å². The average molecular weight is 292 g/mol. The van der Waals surface area contributed by atoms with Crippen molar-refractivity contribution in [3.05, 3.63) is 29.3 Å². The Balaban J connectivity index is 2.10. The van der Waals surface area contributed by atoms with Gasteiger partial charge in [0.2, 0.25) is 0 Å². The van der Waals surface area contributed by atoms with E-state index in [1.165, 1.54) is 16.8 Å². The third kappa shape index (κ3) is 3.76. The van der Waals surface area contributed by atoms with Crippen molar-refractivity contribution in [2.45, 2.75) is 44.9 Å². The van der Waals surface area contributed by atoms with Gasteiger partial charge in [-0.2, -0.15) is 0 Å². The van der Waals surface area contributed by atoms with E-state index in [0.717, 1.165) is 25.9 Å². The lowest BCUT2D eigenvalue weighted by molar-refractivity contribution is -0.00461. The van der Waals surface area contributed by atoms with Gasteiger partial charge in [0.25, 0.3) is 0 Å². The minimum Gasteiger partial charge on any atom is -0.377 e. The topological polar surface area (TPSA) is 47.7 Å². The molecule has 0 radical (unpaired) electrons. The molecule has 21 heavy (non-hydrogen) atoms. The van der Waals surface area contributed by atoms with Crippen LogP contribution in [0, 0.1) is 6.92 Å². The summed E-state index contributed by atoms with van der Waals surface area (Å²) >= 11 is 0. The van der Waals surface area contributed by atoms with Gasteiger partial charge in [-0.25, -0.2) is 0 Å². The van der Waals surface area contributed by atoms with Crippen molar-refractivity contribution in [2.24, 2.45) is 5.73 Å². The van der Waals surface area contributed by atoms with E-state index in [1.54, 1.807) is 14.2 Å². The van der Waals surface area contributed by atoms with Crippen LogP contribution in [0.5, 0.6) is 0 Å². The molecule has 0 bridgehead atoms. The number of methoxy groups -OCH3 is 2. The minimum atomic E-state index is 0.142. The number of nitrogens with two attached hydrogens (primary N) is 1. The molecule has 0 aromatic heterocycles. The Labute approximate surface area is 128 Å². The van der Waals surface area contributed by atoms with E-state index in [9.17, 15) is 0 Å². The largest absolute Gasteiger partial charge is 0.377 e. The second kappa shape index (κ2) is 7.25. The monoisotopic (exact) mass is 292 g/mol. The number of rotatable bonds is 6. The molecule has 1 aliphatic heterocycles. The van der Waals surface area contributed by atoms with Crippen LogP contribution in [0.15, 0.2) is 18.2 Å². The molecule has 0 spiro atoms. The molecule has 1 saturated heterocycles. The number of benzene rings is 1. The van der Waals surface area contributed by atoms with Crippen molar-refractivity contribution in [3.63, 3.8) is 0 Å². The first kappa shape index (κ1) is 16.3. The fourth-order valence-electron chi connectivity index (χ4n) is 2.94. The van der Waals surface area contributed by atoms with Crippen molar-refractivity contribution in [2.75, 3.05) is 32.2 Å². The molecule has 2 rings (SSSR count). The number of ether oxygens (including phenoxy) is 2. The quantitative estimate of drug-likeness (QED) is 0.872. The smallest absolute Gasteiger partial charge is 0.102 e. The second-order valence-corrected chi connectivity index (χ2v) is 5.94. The third-order valence-electron chi connectivity index (χ3n) is 4.52. The number of nitrogens with zero attached hydrogens (tertiary/aromatic N) is 1. The van der Waals surface area contributed by atoms with Crippen LogP contribution >= 0.6 is 0 Å². The molecular formula is C17H28N2O2. The van der Waals surface area contributed by atoms with Crippen LogP contribution in [0.4, 0.5) is 5.69 Å². The van der Waals surface area contributed by atoms with Crippen LogP contribution in [0.25, 0.3) is 0 Å². The molecule has 118 valence electrons. The Hall–Kier alpha value is -1.10. The molecule has 1 aromatic carbocycles. The lowest BCUT2D eigenvalue weighted by Crippen LogP contribution is -2.27. The normalized spacial score (nSPS) is 23.6. The van der Waals surface area contributed by atoms with Gasteiger partial charge in [-0.1, -0.05) is 13.0 Å². The van der Waals surface area contributed by atoms with E-state index in [4.69, 9.17) is 15.2 Å². The maximum absolute atomic E-state index is 6.06. The zero-order chi connectivity index (χ0) is 15.4. The third-order valence-corrected chi connectivity index (χ3v) is 4.52. The van der Waals surface area contributed by atoms with Gasteiger partial charge in [0, 0.05) is 39.0 Å². The minimum absolute atomic E-state index is 0.142. The molecule has 0 saturated carbocycles. The Morgan fingerprint density at radius 3 is 2.33 bits per heavy atom. The summed E-state index contributed by atoms with van der Waals surface area (Å²) in [5, 5.41) is 0. The molecule has 0 amide bonds. The molecule has 4 nitrogen and oxygen atoms in total. The van der Waals surface area contributed by atoms with Crippen LogP contribution in [0.3, 0.4) is 0 Å². The van der Waals surface area contributed by atoms with Crippen LogP contribution in [-0.4, -0.2) is 45.6 Å². The molecule has 1 aromatic rings. The van der Waals surface area contributed by atoms with Gasteiger partial charge in [-0.05, 0) is 43.0 Å². The highest BCUT2D eigenvalue weighted by molar-refractivity contribution is 5.52. The maximum atomic E-state index is 6.06. The number of hydrogen-bond donors (Lipinski definition) is 1. The molecule has 3 atom stereocenters. The summed E-state index contributed by atoms with van der Waals surface area (Å²) in [6, 6.07) is 6.90.